The molecule has 0 unspecified atom stereocenters. The van der Waals surface area contributed by atoms with Gasteiger partial charge < -0.3 is 112 Å². The number of aliphatic hydroxyl groups excluding tert-OH is 4. The number of ether oxygens (including phenoxy) is 1. The Balaban J connectivity index is 0. The Morgan fingerprint density at radius 2 is 0.952 bits per heavy atom. The molecule has 1 aromatic rings. The molecule has 0 aliphatic carbocycles. The molecule has 0 radical (unpaired) electrons. The lowest BCUT2D eigenvalue weighted by Gasteiger charge is -2.30. The molecule has 0 bridgehead atoms. The number of primary amides is 2. The van der Waals surface area contributed by atoms with Crippen LogP contribution in [0.15, 0.2) is 35.3 Å². The van der Waals surface area contributed by atoms with Gasteiger partial charge in [-0.05, 0) is 74.2 Å². The minimum absolute atomic E-state index is 0.0277. The van der Waals surface area contributed by atoms with Gasteiger partial charge in [0.2, 0.25) is 65.0 Å². The van der Waals surface area contributed by atoms with E-state index in [2.05, 4.69) is 42.2 Å². The molecule has 42 heteroatoms. The third-order valence-corrected chi connectivity index (χ3v) is 15.0. The number of hydrogen-bond donors (Lipinski definition) is 20. The standard InChI is InChI=1S/C59H101N15O17.2C2HF3O2/c1-13-31(10)41(72-52(84)36(20-17-21-65-59(63)64)67-53(85)37(23-28(4)5)68-50(82)32(11)45(78)30(8)9)56(88)73-42(33(12)76)55(87)66-25-40(77)71-43(46(79)49(62)81)57(89)70-39(26-75)58(90)91-47(34-18-15-14-16-19-34)44(48(61)80)74-54(86)38(24-29(6)7)69-51(83)35(60)22-27(2)3;2*3-2(4,5)1(6)7/h14-16,18-19,27-33,35-39,41-47,75-76,78-79H,13,17,20-26,60H2,1-12H3,(H2,61,80)(H2,62,81)(H,66,87)(H,67,85)(H,68,82)(H,69,83)(H,70,89)(H,71,77)(H,72,84)(H,73,88)(H,74,86)(H4,63,64,65);2*(H,6,7)/t31-,32-,33-,35+,36+,37-,38-,39-,41-,42-,43-,44-,45+,46-,47+;;/m0../s1. The summed E-state index contributed by atoms with van der Waals surface area (Å²) < 4.78 is 69.1. The van der Waals surface area contributed by atoms with Gasteiger partial charge in [-0.2, -0.15) is 26.3 Å². The predicted molar refractivity (Wildman–Crippen MR) is 360 cm³/mol. The summed E-state index contributed by atoms with van der Waals surface area (Å²) in [5.74, 6) is -21.1. The number of carboxylic acids is 2. The number of carboxylic acid groups (broad SMARTS) is 2. The van der Waals surface area contributed by atoms with Crippen molar-refractivity contribution in [2.75, 3.05) is 19.7 Å². The van der Waals surface area contributed by atoms with Gasteiger partial charge in [0.15, 0.2) is 24.2 Å². The molecule has 0 aliphatic rings. The molecule has 36 nitrogen and oxygen atoms in total. The van der Waals surface area contributed by atoms with Crippen LogP contribution in [-0.4, -0.2) is 224 Å². The van der Waals surface area contributed by atoms with E-state index in [0.717, 1.165) is 6.92 Å². The van der Waals surface area contributed by atoms with Gasteiger partial charge >= 0.3 is 30.3 Å². The second-order valence-corrected chi connectivity index (χ2v) is 25.9. The van der Waals surface area contributed by atoms with Crippen LogP contribution >= 0.6 is 0 Å². The number of alkyl halides is 6. The molecule has 1 rings (SSSR count). The summed E-state index contributed by atoms with van der Waals surface area (Å²) in [6.45, 7) is 17.9. The first kappa shape index (κ1) is 97.5. The first-order valence-corrected chi connectivity index (χ1v) is 32.9. The van der Waals surface area contributed by atoms with Crippen LogP contribution < -0.4 is 76.5 Å². The molecule has 0 saturated heterocycles. The van der Waals surface area contributed by atoms with Crippen LogP contribution in [0.1, 0.15) is 133 Å². The SMILES string of the molecule is CC[C@H](C)[C@H](NC(=O)[C@@H](CCCN=C(N)N)NC(=O)[C@H](CC(C)C)NC(=O)[C@@H](C)[C@H](O)C(C)C)C(=O)N[C@H](C(=O)NCC(=O)N[C@H](C(=O)N[C@@H](CO)C(=O)O[C@H](c1ccccc1)[C@H](NC(=O)[C@H](CC(C)C)NC(=O)[C@H](N)CC(C)C)C(N)=O)[C@H](O)C(N)=O)[C@H](C)O.O=C(O)C(F)(F)F.O=C(O)C(F)(F)F. The highest BCUT2D eigenvalue weighted by Crippen LogP contribution is 2.24. The maximum Gasteiger partial charge on any atom is 0.490 e. The van der Waals surface area contributed by atoms with E-state index >= 15 is 0 Å². The molecule has 0 saturated carbocycles. The monoisotopic (exact) mass is 1520 g/mol. The summed E-state index contributed by atoms with van der Waals surface area (Å²) in [7, 11) is 0. The molecule has 105 heavy (non-hydrogen) atoms. The number of amides is 11. The van der Waals surface area contributed by atoms with Crippen LogP contribution in [0.2, 0.25) is 0 Å². The van der Waals surface area contributed by atoms with Crippen molar-refractivity contribution in [3.05, 3.63) is 35.9 Å². The normalized spacial score (nSPS) is 15.7. The van der Waals surface area contributed by atoms with Crippen LogP contribution in [-0.2, 0) is 71.9 Å². The van der Waals surface area contributed by atoms with Gasteiger partial charge in [0.25, 0.3) is 0 Å². The fraction of sp³-hybridized carbons (Fsp3) is 0.667. The Morgan fingerprint density at radius 3 is 1.37 bits per heavy atom. The van der Waals surface area contributed by atoms with Gasteiger partial charge in [-0.3, -0.25) is 57.7 Å². The van der Waals surface area contributed by atoms with E-state index in [1.165, 1.54) is 31.2 Å². The van der Waals surface area contributed by atoms with Crippen LogP contribution in [0.25, 0.3) is 0 Å². The Labute approximate surface area is 601 Å². The van der Waals surface area contributed by atoms with Crippen molar-refractivity contribution in [3.63, 3.8) is 0 Å². The molecule has 0 aromatic heterocycles. The largest absolute Gasteiger partial charge is 0.490 e. The molecular weight excluding hydrogens is 1420 g/mol. The van der Waals surface area contributed by atoms with Gasteiger partial charge in [-0.25, -0.2) is 14.4 Å². The van der Waals surface area contributed by atoms with Crippen molar-refractivity contribution < 1.29 is 129 Å². The lowest BCUT2D eigenvalue weighted by Crippen LogP contribution is -2.62. The Morgan fingerprint density at radius 1 is 0.524 bits per heavy atom. The molecule has 1 aromatic carbocycles. The van der Waals surface area contributed by atoms with Crippen molar-refractivity contribution in [2.24, 2.45) is 69.2 Å². The zero-order valence-corrected chi connectivity index (χ0v) is 60.1. The van der Waals surface area contributed by atoms with Crippen LogP contribution in [0.3, 0.4) is 0 Å². The number of aliphatic carboxylic acids is 2. The number of carbonyl (C=O) groups is 14. The molecule has 0 spiro atoms. The number of benzene rings is 1. The van der Waals surface area contributed by atoms with Crippen LogP contribution in [0.5, 0.6) is 0 Å². The number of hydrogen-bond acceptors (Lipinski definition) is 21. The van der Waals surface area contributed by atoms with Gasteiger partial charge in [0.05, 0.1) is 37.3 Å². The average molecular weight is 1520 g/mol. The highest BCUT2D eigenvalue weighted by Gasteiger charge is 2.42. The predicted octanol–water partition coefficient (Wildman–Crippen LogP) is -3.55. The third-order valence-electron chi connectivity index (χ3n) is 15.0. The van der Waals surface area contributed by atoms with E-state index < -0.39 is 199 Å². The van der Waals surface area contributed by atoms with Crippen molar-refractivity contribution in [1.82, 2.24) is 47.9 Å². The number of aliphatic hydroxyl groups is 4. The molecule has 0 heterocycles. The zero-order chi connectivity index (χ0) is 81.9. The number of carbonyl (C=O) groups excluding carboxylic acids is 12. The Hall–Kier alpha value is -9.55. The Kier molecular flexibility index (Phi) is 43.7. The topological polar surface area (TPSA) is 620 Å². The summed E-state index contributed by atoms with van der Waals surface area (Å²) in [4.78, 5) is 184. The minimum atomic E-state index is -5.08. The lowest BCUT2D eigenvalue weighted by atomic mass is 9.93. The molecule has 598 valence electrons. The number of aliphatic imine (C=N–C) groups is 1. The molecule has 0 aliphatic heterocycles. The number of esters is 1. The quantitative estimate of drug-likeness (QED) is 0.00992. The number of nitrogens with zero attached hydrogens (tertiary/aromatic N) is 1. The van der Waals surface area contributed by atoms with E-state index in [1.54, 1.807) is 61.5 Å². The highest BCUT2D eigenvalue weighted by atomic mass is 19.4. The third kappa shape index (κ3) is 37.6. The summed E-state index contributed by atoms with van der Waals surface area (Å²) in [6, 6.07) is -7.13. The van der Waals surface area contributed by atoms with Crippen molar-refractivity contribution >= 4 is 88.8 Å². The maximum atomic E-state index is 14.2. The maximum absolute atomic E-state index is 14.2. The lowest BCUT2D eigenvalue weighted by molar-refractivity contribution is -0.193. The average Bonchev–Trinajstić information content (AvgIpc) is 0.844. The smallest absolute Gasteiger partial charge is 0.475 e. The summed E-state index contributed by atoms with van der Waals surface area (Å²) in [5, 5.41) is 78.2. The summed E-state index contributed by atoms with van der Waals surface area (Å²) in [5.41, 5.74) is 28.2. The van der Waals surface area contributed by atoms with Crippen molar-refractivity contribution in [3.8, 4) is 0 Å². The van der Waals surface area contributed by atoms with E-state index in [9.17, 15) is 104 Å². The van der Waals surface area contributed by atoms with Crippen LogP contribution in [0.4, 0.5) is 26.3 Å². The molecular formula is C63H103F6N15O21. The van der Waals surface area contributed by atoms with Gasteiger partial charge in [0.1, 0.15) is 42.3 Å². The fourth-order valence-corrected chi connectivity index (χ4v) is 9.11. The number of nitrogens with one attached hydrogen (secondary N) is 9. The first-order valence-electron chi connectivity index (χ1n) is 32.9. The Bertz CT molecular complexity index is 3050. The van der Waals surface area contributed by atoms with Gasteiger partial charge in [-0.1, -0.05) is 113 Å². The van der Waals surface area contributed by atoms with Gasteiger partial charge in [0, 0.05) is 6.54 Å². The molecule has 25 N–H and O–H groups in total. The minimum Gasteiger partial charge on any atom is -0.475 e. The van der Waals surface area contributed by atoms with E-state index in [0.29, 0.717) is 0 Å². The number of guanidine groups is 1. The first-order chi connectivity index (χ1) is 48.3. The summed E-state index contributed by atoms with van der Waals surface area (Å²) >= 11 is 0. The summed E-state index contributed by atoms with van der Waals surface area (Å²) in [6.07, 6.45) is -16.5. The highest BCUT2D eigenvalue weighted by molar-refractivity contribution is 5.99. The van der Waals surface area contributed by atoms with Crippen LogP contribution in [0, 0.1) is 35.5 Å². The molecule has 11 amide bonds. The second kappa shape index (κ2) is 47.0. The number of nitrogens with two attached hydrogens (primary N) is 5. The second-order valence-electron chi connectivity index (χ2n) is 25.9. The van der Waals surface area contributed by atoms with Gasteiger partial charge in [-0.15, -0.1) is 0 Å². The number of halogens is 6. The van der Waals surface area contributed by atoms with E-state index in [1.807, 2.05) is 24.5 Å². The van der Waals surface area contributed by atoms with Crippen molar-refractivity contribution in [1.29, 1.82) is 0 Å². The fourth-order valence-electron chi connectivity index (χ4n) is 9.11. The van der Waals surface area contributed by atoms with E-state index in [4.69, 9.17) is 53.2 Å². The zero-order valence-electron chi connectivity index (χ0n) is 60.1. The molecule has 15 atom stereocenters. The molecule has 0 fully saturated rings. The van der Waals surface area contributed by atoms with E-state index in [-0.39, 0.29) is 80.3 Å². The van der Waals surface area contributed by atoms with Crippen molar-refractivity contribution in [2.45, 2.75) is 213 Å². The number of rotatable bonds is 41.